The van der Waals surface area contributed by atoms with Gasteiger partial charge < -0.3 is 9.47 Å². The molecule has 21 heavy (non-hydrogen) atoms. The van der Waals surface area contributed by atoms with Gasteiger partial charge in [0.1, 0.15) is 0 Å². The number of aromatic nitrogens is 1. The SMILES string of the molecule is COC(=O)c1ccc(-c2ccnc(OC)c2)c([N+](=O)[O-])c1. The van der Waals surface area contributed by atoms with Crippen LogP contribution in [0.25, 0.3) is 11.1 Å². The molecule has 1 heterocycles. The summed E-state index contributed by atoms with van der Waals surface area (Å²) in [5.41, 5.74) is 0.874. The Morgan fingerprint density at radius 3 is 2.62 bits per heavy atom. The van der Waals surface area contributed by atoms with Crippen LogP contribution in [-0.2, 0) is 4.74 Å². The fourth-order valence-electron chi connectivity index (χ4n) is 1.86. The number of benzene rings is 1. The van der Waals surface area contributed by atoms with E-state index in [4.69, 9.17) is 4.74 Å². The second-order valence-electron chi connectivity index (χ2n) is 4.07. The number of rotatable bonds is 4. The zero-order valence-electron chi connectivity index (χ0n) is 11.4. The highest BCUT2D eigenvalue weighted by molar-refractivity contribution is 5.92. The summed E-state index contributed by atoms with van der Waals surface area (Å²) in [7, 11) is 2.68. The van der Waals surface area contributed by atoms with Crippen molar-refractivity contribution in [3.8, 4) is 17.0 Å². The summed E-state index contributed by atoms with van der Waals surface area (Å²) in [6, 6.07) is 7.37. The zero-order valence-corrected chi connectivity index (χ0v) is 11.4. The molecule has 0 radical (unpaired) electrons. The van der Waals surface area contributed by atoms with Crippen molar-refractivity contribution in [3.63, 3.8) is 0 Å². The van der Waals surface area contributed by atoms with Crippen molar-refractivity contribution >= 4 is 11.7 Å². The molecule has 0 unspecified atom stereocenters. The summed E-state index contributed by atoms with van der Waals surface area (Å²) in [5, 5.41) is 11.2. The normalized spacial score (nSPS) is 10.0. The minimum Gasteiger partial charge on any atom is -0.481 e. The van der Waals surface area contributed by atoms with Crippen LogP contribution in [0.15, 0.2) is 36.5 Å². The lowest BCUT2D eigenvalue weighted by Gasteiger charge is -2.06. The molecule has 0 spiro atoms. The Labute approximate surface area is 120 Å². The Bertz CT molecular complexity index is 700. The Morgan fingerprint density at radius 2 is 2.00 bits per heavy atom. The van der Waals surface area contributed by atoms with E-state index in [-0.39, 0.29) is 11.3 Å². The van der Waals surface area contributed by atoms with Crippen LogP contribution in [-0.4, -0.2) is 30.1 Å². The summed E-state index contributed by atoms with van der Waals surface area (Å²) in [6.07, 6.45) is 1.49. The van der Waals surface area contributed by atoms with Gasteiger partial charge in [0.15, 0.2) is 0 Å². The Morgan fingerprint density at radius 1 is 1.24 bits per heavy atom. The number of pyridine rings is 1. The summed E-state index contributed by atoms with van der Waals surface area (Å²) in [5.74, 6) is -0.282. The quantitative estimate of drug-likeness (QED) is 0.487. The number of nitrogens with zero attached hydrogens (tertiary/aromatic N) is 2. The number of nitro groups is 1. The van der Waals surface area contributed by atoms with Crippen molar-refractivity contribution < 1.29 is 19.2 Å². The minimum absolute atomic E-state index is 0.119. The molecule has 0 saturated carbocycles. The molecule has 0 amide bonds. The maximum atomic E-state index is 11.5. The van der Waals surface area contributed by atoms with Crippen LogP contribution >= 0.6 is 0 Å². The number of ether oxygens (including phenoxy) is 2. The first-order chi connectivity index (χ1) is 10.1. The van der Waals surface area contributed by atoms with Crippen LogP contribution < -0.4 is 4.74 Å². The van der Waals surface area contributed by atoms with E-state index in [2.05, 4.69) is 9.72 Å². The van der Waals surface area contributed by atoms with Gasteiger partial charge in [0, 0.05) is 18.3 Å². The highest BCUT2D eigenvalue weighted by atomic mass is 16.6. The summed E-state index contributed by atoms with van der Waals surface area (Å²) in [4.78, 5) is 26.1. The number of hydrogen-bond donors (Lipinski definition) is 0. The van der Waals surface area contributed by atoms with Gasteiger partial charge in [-0.25, -0.2) is 9.78 Å². The molecule has 2 rings (SSSR count). The lowest BCUT2D eigenvalue weighted by molar-refractivity contribution is -0.384. The van der Waals surface area contributed by atoms with E-state index in [0.717, 1.165) is 0 Å². The number of hydrogen-bond acceptors (Lipinski definition) is 6. The van der Waals surface area contributed by atoms with Crippen molar-refractivity contribution in [1.29, 1.82) is 0 Å². The van der Waals surface area contributed by atoms with E-state index >= 15 is 0 Å². The van der Waals surface area contributed by atoms with E-state index < -0.39 is 10.9 Å². The van der Waals surface area contributed by atoms with Gasteiger partial charge in [-0.2, -0.15) is 0 Å². The molecule has 0 aliphatic carbocycles. The molecule has 0 aliphatic rings. The first kappa shape index (κ1) is 14.4. The van der Waals surface area contributed by atoms with E-state index in [0.29, 0.717) is 17.0 Å². The van der Waals surface area contributed by atoms with Gasteiger partial charge in [0.05, 0.1) is 30.3 Å². The highest BCUT2D eigenvalue weighted by Gasteiger charge is 2.19. The molecule has 0 atom stereocenters. The number of methoxy groups -OCH3 is 2. The van der Waals surface area contributed by atoms with Crippen LogP contribution in [0.5, 0.6) is 5.88 Å². The van der Waals surface area contributed by atoms with Gasteiger partial charge in [0.2, 0.25) is 5.88 Å². The topological polar surface area (TPSA) is 91.6 Å². The monoisotopic (exact) mass is 288 g/mol. The maximum Gasteiger partial charge on any atom is 0.338 e. The van der Waals surface area contributed by atoms with Gasteiger partial charge in [-0.05, 0) is 23.8 Å². The molecule has 1 aromatic heterocycles. The highest BCUT2D eigenvalue weighted by Crippen LogP contribution is 2.32. The molecule has 2 aromatic rings. The molecule has 7 nitrogen and oxygen atoms in total. The van der Waals surface area contributed by atoms with Gasteiger partial charge in [-0.15, -0.1) is 0 Å². The third-order valence-electron chi connectivity index (χ3n) is 2.87. The van der Waals surface area contributed by atoms with Crippen LogP contribution in [0.2, 0.25) is 0 Å². The van der Waals surface area contributed by atoms with Crippen molar-refractivity contribution in [2.45, 2.75) is 0 Å². The second-order valence-corrected chi connectivity index (χ2v) is 4.07. The van der Waals surface area contributed by atoms with Crippen molar-refractivity contribution in [3.05, 3.63) is 52.2 Å². The van der Waals surface area contributed by atoms with E-state index in [1.54, 1.807) is 12.1 Å². The fraction of sp³-hybridized carbons (Fsp3) is 0.143. The van der Waals surface area contributed by atoms with Crippen molar-refractivity contribution in [1.82, 2.24) is 4.98 Å². The first-order valence-corrected chi connectivity index (χ1v) is 5.94. The van der Waals surface area contributed by atoms with Gasteiger partial charge in [-0.3, -0.25) is 10.1 Å². The average Bonchev–Trinajstić information content (AvgIpc) is 2.53. The van der Waals surface area contributed by atoms with E-state index in [1.807, 2.05) is 0 Å². The van der Waals surface area contributed by atoms with E-state index in [1.165, 1.54) is 38.6 Å². The van der Waals surface area contributed by atoms with E-state index in [9.17, 15) is 14.9 Å². The molecule has 0 bridgehead atoms. The zero-order chi connectivity index (χ0) is 15.4. The first-order valence-electron chi connectivity index (χ1n) is 5.94. The smallest absolute Gasteiger partial charge is 0.338 e. The van der Waals surface area contributed by atoms with Crippen LogP contribution in [0.4, 0.5) is 5.69 Å². The van der Waals surface area contributed by atoms with Crippen LogP contribution in [0.3, 0.4) is 0 Å². The molecular formula is C14H12N2O5. The fourth-order valence-corrected chi connectivity index (χ4v) is 1.86. The van der Waals surface area contributed by atoms with Gasteiger partial charge >= 0.3 is 5.97 Å². The summed E-state index contributed by atoms with van der Waals surface area (Å²) in [6.45, 7) is 0. The van der Waals surface area contributed by atoms with Crippen molar-refractivity contribution in [2.75, 3.05) is 14.2 Å². The molecule has 0 N–H and O–H groups in total. The molecule has 0 fully saturated rings. The number of nitro benzene ring substituents is 1. The van der Waals surface area contributed by atoms with Gasteiger partial charge in [0.25, 0.3) is 5.69 Å². The largest absolute Gasteiger partial charge is 0.481 e. The predicted molar refractivity (Wildman–Crippen MR) is 74.2 cm³/mol. The summed E-state index contributed by atoms with van der Waals surface area (Å²) >= 11 is 0. The van der Waals surface area contributed by atoms with Crippen molar-refractivity contribution in [2.24, 2.45) is 0 Å². The number of carbonyl (C=O) groups is 1. The Kier molecular flexibility index (Phi) is 4.13. The lowest BCUT2D eigenvalue weighted by atomic mass is 10.0. The van der Waals surface area contributed by atoms with Crippen LogP contribution in [0, 0.1) is 10.1 Å². The Hall–Kier alpha value is -2.96. The predicted octanol–water partition coefficient (Wildman–Crippen LogP) is 2.45. The minimum atomic E-state index is -0.628. The molecule has 0 saturated heterocycles. The third-order valence-corrected chi connectivity index (χ3v) is 2.87. The molecular weight excluding hydrogens is 276 g/mol. The number of carbonyl (C=O) groups excluding carboxylic acids is 1. The molecule has 1 aromatic carbocycles. The number of esters is 1. The van der Waals surface area contributed by atoms with Crippen LogP contribution in [0.1, 0.15) is 10.4 Å². The molecule has 108 valence electrons. The Balaban J connectivity index is 2.57. The second kappa shape index (κ2) is 6.00. The third kappa shape index (κ3) is 2.97. The standard InChI is InChI=1S/C14H12N2O5/c1-20-13-8-9(5-6-15-13)11-4-3-10(14(17)21-2)7-12(11)16(18)19/h3-8H,1-2H3. The lowest BCUT2D eigenvalue weighted by Crippen LogP contribution is -2.03. The average molecular weight is 288 g/mol. The molecule has 7 heteroatoms. The molecule has 0 aliphatic heterocycles. The summed E-state index contributed by atoms with van der Waals surface area (Å²) < 4.78 is 9.56. The van der Waals surface area contributed by atoms with Gasteiger partial charge in [-0.1, -0.05) is 0 Å². The maximum absolute atomic E-state index is 11.5.